The SMILES string of the molecule is COc1ccc2cc(/C=C/C(=O)OCC(=O)C(C)(C)C)ccc2c1. The molecule has 0 atom stereocenters. The Morgan fingerprint density at radius 3 is 2.38 bits per heavy atom. The zero-order valence-electron chi connectivity index (χ0n) is 14.5. The van der Waals surface area contributed by atoms with Crippen LogP contribution in [0, 0.1) is 5.41 Å². The van der Waals surface area contributed by atoms with Crippen LogP contribution in [0.1, 0.15) is 26.3 Å². The van der Waals surface area contributed by atoms with Crippen LogP contribution in [-0.4, -0.2) is 25.5 Å². The fourth-order valence-corrected chi connectivity index (χ4v) is 2.04. The van der Waals surface area contributed by atoms with Gasteiger partial charge in [0, 0.05) is 11.5 Å². The third-order valence-corrected chi connectivity index (χ3v) is 3.67. The molecule has 0 radical (unpaired) electrons. The average Bonchev–Trinajstić information content (AvgIpc) is 2.56. The van der Waals surface area contributed by atoms with Crippen LogP contribution in [0.5, 0.6) is 5.75 Å². The van der Waals surface area contributed by atoms with Gasteiger partial charge < -0.3 is 9.47 Å². The van der Waals surface area contributed by atoms with Gasteiger partial charge in [-0.2, -0.15) is 0 Å². The standard InChI is InChI=1S/C20H22O4/c1-20(2,3)18(21)13-24-19(22)10-6-14-5-7-16-12-17(23-4)9-8-15(16)11-14/h5-12H,13H2,1-4H3/b10-6+. The molecule has 0 bridgehead atoms. The Hall–Kier alpha value is -2.62. The average molecular weight is 326 g/mol. The fraction of sp³-hybridized carbons (Fsp3) is 0.300. The van der Waals surface area contributed by atoms with Crippen LogP contribution in [0.15, 0.2) is 42.5 Å². The number of esters is 1. The minimum absolute atomic E-state index is 0.107. The van der Waals surface area contributed by atoms with E-state index in [9.17, 15) is 9.59 Å². The molecule has 0 fully saturated rings. The molecule has 2 aromatic rings. The Kier molecular flexibility index (Phi) is 5.39. The second kappa shape index (κ2) is 7.30. The molecule has 0 spiro atoms. The van der Waals surface area contributed by atoms with Crippen LogP contribution in [0.3, 0.4) is 0 Å². The highest BCUT2D eigenvalue weighted by Gasteiger charge is 2.21. The van der Waals surface area contributed by atoms with E-state index in [0.29, 0.717) is 0 Å². The summed E-state index contributed by atoms with van der Waals surface area (Å²) in [5.74, 6) is 0.171. The number of methoxy groups -OCH3 is 1. The zero-order valence-corrected chi connectivity index (χ0v) is 14.5. The Balaban J connectivity index is 2.02. The molecule has 0 saturated carbocycles. The number of hydrogen-bond donors (Lipinski definition) is 0. The number of fused-ring (bicyclic) bond motifs is 1. The minimum atomic E-state index is -0.526. The summed E-state index contributed by atoms with van der Waals surface area (Å²) in [6, 6.07) is 11.7. The Morgan fingerprint density at radius 1 is 1.04 bits per heavy atom. The van der Waals surface area contributed by atoms with Crippen molar-refractivity contribution in [2.75, 3.05) is 13.7 Å². The van der Waals surface area contributed by atoms with Gasteiger partial charge in [-0.3, -0.25) is 4.79 Å². The number of benzene rings is 2. The van der Waals surface area contributed by atoms with Crippen molar-refractivity contribution in [3.8, 4) is 5.75 Å². The highest BCUT2D eigenvalue weighted by molar-refractivity contribution is 5.92. The highest BCUT2D eigenvalue weighted by Crippen LogP contribution is 2.22. The molecular weight excluding hydrogens is 304 g/mol. The first-order valence-electron chi connectivity index (χ1n) is 7.75. The van der Waals surface area contributed by atoms with E-state index in [1.165, 1.54) is 6.08 Å². The fourth-order valence-electron chi connectivity index (χ4n) is 2.04. The molecule has 0 aromatic heterocycles. The lowest BCUT2D eigenvalue weighted by molar-refractivity contribution is -0.145. The molecule has 4 heteroatoms. The van der Waals surface area contributed by atoms with Crippen molar-refractivity contribution in [3.05, 3.63) is 48.0 Å². The smallest absolute Gasteiger partial charge is 0.331 e. The molecule has 0 N–H and O–H groups in total. The van der Waals surface area contributed by atoms with Gasteiger partial charge in [-0.05, 0) is 40.6 Å². The maximum atomic E-state index is 11.7. The van der Waals surface area contributed by atoms with E-state index in [4.69, 9.17) is 9.47 Å². The third kappa shape index (κ3) is 4.69. The van der Waals surface area contributed by atoms with Crippen LogP contribution in [0.2, 0.25) is 0 Å². The summed E-state index contributed by atoms with van der Waals surface area (Å²) in [6.45, 7) is 5.18. The van der Waals surface area contributed by atoms with Gasteiger partial charge in [-0.25, -0.2) is 4.79 Å². The number of ether oxygens (including phenoxy) is 2. The summed E-state index contributed by atoms with van der Waals surface area (Å²) in [6.07, 6.45) is 3.01. The van der Waals surface area contributed by atoms with Crippen molar-refractivity contribution < 1.29 is 19.1 Å². The van der Waals surface area contributed by atoms with Crippen LogP contribution >= 0.6 is 0 Å². The Labute approximate surface area is 142 Å². The van der Waals surface area contributed by atoms with Crippen LogP contribution in [0.25, 0.3) is 16.8 Å². The molecule has 24 heavy (non-hydrogen) atoms. The van der Waals surface area contributed by atoms with Gasteiger partial charge in [-0.15, -0.1) is 0 Å². The van der Waals surface area contributed by atoms with Gasteiger partial charge in [-0.1, -0.05) is 39.0 Å². The number of hydrogen-bond acceptors (Lipinski definition) is 4. The van der Waals surface area contributed by atoms with Crippen molar-refractivity contribution in [3.63, 3.8) is 0 Å². The molecule has 0 aliphatic heterocycles. The maximum absolute atomic E-state index is 11.7. The Bertz CT molecular complexity index is 782. The van der Waals surface area contributed by atoms with E-state index in [0.717, 1.165) is 22.1 Å². The molecular formula is C20H22O4. The van der Waals surface area contributed by atoms with Crippen molar-refractivity contribution in [2.45, 2.75) is 20.8 Å². The molecule has 2 aromatic carbocycles. The van der Waals surface area contributed by atoms with Crippen molar-refractivity contribution in [1.82, 2.24) is 0 Å². The molecule has 4 nitrogen and oxygen atoms in total. The van der Waals surface area contributed by atoms with E-state index in [-0.39, 0.29) is 12.4 Å². The van der Waals surface area contributed by atoms with Crippen molar-refractivity contribution >= 4 is 28.6 Å². The number of carbonyl (C=O) groups excluding carboxylic acids is 2. The number of ketones is 1. The number of carbonyl (C=O) groups is 2. The van der Waals surface area contributed by atoms with Gasteiger partial charge in [0.05, 0.1) is 7.11 Å². The highest BCUT2D eigenvalue weighted by atomic mass is 16.5. The predicted octanol–water partition coefficient (Wildman–Crippen LogP) is 4.02. The molecule has 0 aliphatic carbocycles. The summed E-state index contributed by atoms with van der Waals surface area (Å²) in [7, 11) is 1.63. The first kappa shape index (κ1) is 17.7. The third-order valence-electron chi connectivity index (χ3n) is 3.67. The molecule has 0 heterocycles. The lowest BCUT2D eigenvalue weighted by Crippen LogP contribution is -2.25. The van der Waals surface area contributed by atoms with Crippen LogP contribution in [0.4, 0.5) is 0 Å². The summed E-state index contributed by atoms with van der Waals surface area (Å²) in [5, 5.41) is 2.11. The topological polar surface area (TPSA) is 52.6 Å². The van der Waals surface area contributed by atoms with Crippen molar-refractivity contribution in [1.29, 1.82) is 0 Å². The van der Waals surface area contributed by atoms with E-state index in [2.05, 4.69) is 0 Å². The second-order valence-corrected chi connectivity index (χ2v) is 6.59. The number of rotatable bonds is 5. The van der Waals surface area contributed by atoms with Gasteiger partial charge in [0.2, 0.25) is 0 Å². The first-order chi connectivity index (χ1) is 11.3. The van der Waals surface area contributed by atoms with E-state index < -0.39 is 11.4 Å². The first-order valence-corrected chi connectivity index (χ1v) is 7.75. The largest absolute Gasteiger partial charge is 0.497 e. The zero-order chi connectivity index (χ0) is 17.7. The molecule has 0 amide bonds. The van der Waals surface area contributed by atoms with E-state index in [1.807, 2.05) is 36.4 Å². The Morgan fingerprint density at radius 2 is 1.71 bits per heavy atom. The van der Waals surface area contributed by atoms with Crippen molar-refractivity contribution in [2.24, 2.45) is 5.41 Å². The molecule has 0 unspecified atom stereocenters. The van der Waals surface area contributed by atoms with Gasteiger partial charge >= 0.3 is 5.97 Å². The van der Waals surface area contributed by atoms with Crippen LogP contribution < -0.4 is 4.74 Å². The summed E-state index contributed by atoms with van der Waals surface area (Å²) in [4.78, 5) is 23.4. The lowest BCUT2D eigenvalue weighted by atomic mass is 9.91. The summed E-state index contributed by atoms with van der Waals surface area (Å²) in [5.41, 5.74) is 0.371. The lowest BCUT2D eigenvalue weighted by Gasteiger charge is -2.15. The quantitative estimate of drug-likeness (QED) is 0.615. The van der Waals surface area contributed by atoms with Gasteiger partial charge in [0.1, 0.15) is 5.75 Å². The summed E-state index contributed by atoms with van der Waals surface area (Å²) >= 11 is 0. The second-order valence-electron chi connectivity index (χ2n) is 6.59. The minimum Gasteiger partial charge on any atom is -0.497 e. The monoisotopic (exact) mass is 326 g/mol. The van der Waals surface area contributed by atoms with E-state index >= 15 is 0 Å². The molecule has 0 aliphatic rings. The maximum Gasteiger partial charge on any atom is 0.331 e. The van der Waals surface area contributed by atoms with E-state index in [1.54, 1.807) is 34.0 Å². The predicted molar refractivity (Wildman–Crippen MR) is 95.0 cm³/mol. The van der Waals surface area contributed by atoms with Gasteiger partial charge in [0.25, 0.3) is 0 Å². The van der Waals surface area contributed by atoms with Gasteiger partial charge in [0.15, 0.2) is 12.4 Å². The summed E-state index contributed by atoms with van der Waals surface area (Å²) < 4.78 is 10.2. The normalized spacial score (nSPS) is 11.7. The number of Topliss-reactive ketones (excluding diaryl/α,β-unsaturated/α-hetero) is 1. The van der Waals surface area contributed by atoms with Crippen LogP contribution in [-0.2, 0) is 14.3 Å². The molecule has 126 valence electrons. The molecule has 0 saturated heterocycles. The molecule has 2 rings (SSSR count).